The Labute approximate surface area is 247 Å². The second-order valence-electron chi connectivity index (χ2n) is 11.5. The summed E-state index contributed by atoms with van der Waals surface area (Å²) in [5.74, 6) is -3.06. The summed E-state index contributed by atoms with van der Waals surface area (Å²) in [5, 5.41) is 6.88. The summed E-state index contributed by atoms with van der Waals surface area (Å²) in [4.78, 5) is 49.4. The molecular formula is C32H32F2N4O5. The Kier molecular flexibility index (Phi) is 7.27. The van der Waals surface area contributed by atoms with E-state index in [1.807, 2.05) is 51.1 Å². The fourth-order valence-corrected chi connectivity index (χ4v) is 6.32. The highest BCUT2D eigenvalue weighted by Gasteiger charge is 2.57. The van der Waals surface area contributed by atoms with E-state index in [0.29, 0.717) is 19.4 Å². The van der Waals surface area contributed by atoms with Crippen molar-refractivity contribution in [3.05, 3.63) is 99.0 Å². The summed E-state index contributed by atoms with van der Waals surface area (Å²) in [7, 11) is 0. The molecule has 3 aromatic rings. The molecule has 1 aromatic heterocycles. The Bertz CT molecular complexity index is 1690. The lowest BCUT2D eigenvalue weighted by Gasteiger charge is -2.43. The van der Waals surface area contributed by atoms with Crippen molar-refractivity contribution in [2.45, 2.75) is 64.4 Å². The number of pyridine rings is 1. The van der Waals surface area contributed by atoms with Crippen LogP contribution in [0.5, 0.6) is 5.75 Å². The smallest absolute Gasteiger partial charge is 0.274 e. The minimum atomic E-state index is -0.822. The molecule has 2 bridgehead atoms. The summed E-state index contributed by atoms with van der Waals surface area (Å²) >= 11 is 0. The lowest BCUT2D eigenvalue weighted by molar-refractivity contribution is -0.0865. The minimum Gasteiger partial charge on any atom is -0.483 e. The van der Waals surface area contributed by atoms with Crippen molar-refractivity contribution in [2.24, 2.45) is 11.1 Å². The summed E-state index contributed by atoms with van der Waals surface area (Å²) in [5.41, 5.74) is -0.165. The zero-order valence-corrected chi connectivity index (χ0v) is 24.1. The molecule has 1 fully saturated rings. The van der Waals surface area contributed by atoms with Crippen molar-refractivity contribution >= 4 is 17.5 Å². The SMILES string of the molecule is CC1=NO[C@@]2(CC[C@H](C)N3C[C@H]2n2cc(C(=O)NCc4ccc(F)cc4F)c(=O)c(OCc4ccccc4)c2C3=O)[C@H]1C. The van der Waals surface area contributed by atoms with Gasteiger partial charge in [0.2, 0.25) is 5.43 Å². The Morgan fingerprint density at radius 1 is 1.16 bits per heavy atom. The molecule has 1 saturated heterocycles. The molecule has 0 aliphatic carbocycles. The van der Waals surface area contributed by atoms with Crippen molar-refractivity contribution < 1.29 is 27.9 Å². The number of carbonyl (C=O) groups is 2. The maximum absolute atomic E-state index is 14.3. The highest BCUT2D eigenvalue weighted by Crippen LogP contribution is 2.48. The van der Waals surface area contributed by atoms with Gasteiger partial charge in [0.05, 0.1) is 11.8 Å². The zero-order chi connectivity index (χ0) is 30.5. The number of nitrogens with zero attached hydrogens (tertiary/aromatic N) is 3. The van der Waals surface area contributed by atoms with Crippen molar-refractivity contribution in [3.63, 3.8) is 0 Å². The van der Waals surface area contributed by atoms with Crippen LogP contribution in [0.1, 0.15) is 71.6 Å². The molecular weight excluding hydrogens is 558 g/mol. The first-order chi connectivity index (χ1) is 20.6. The molecule has 9 nitrogen and oxygen atoms in total. The number of fused-ring (bicyclic) bond motifs is 5. The van der Waals surface area contributed by atoms with E-state index in [9.17, 15) is 23.2 Å². The summed E-state index contributed by atoms with van der Waals surface area (Å²) in [6, 6.07) is 11.6. The molecule has 3 aliphatic heterocycles. The van der Waals surface area contributed by atoms with Crippen molar-refractivity contribution in [3.8, 4) is 5.75 Å². The molecule has 11 heteroatoms. The van der Waals surface area contributed by atoms with Crippen LogP contribution in [0.2, 0.25) is 0 Å². The largest absolute Gasteiger partial charge is 0.483 e. The van der Waals surface area contributed by atoms with Crippen LogP contribution in [0.15, 0.2) is 64.7 Å². The van der Waals surface area contributed by atoms with Crippen LogP contribution in [0.25, 0.3) is 0 Å². The van der Waals surface area contributed by atoms with Gasteiger partial charge in [-0.2, -0.15) is 0 Å². The normalized spacial score (nSPS) is 24.2. The summed E-state index contributed by atoms with van der Waals surface area (Å²) in [6.45, 7) is 5.90. The van der Waals surface area contributed by atoms with Crippen LogP contribution in [0.3, 0.4) is 0 Å². The molecule has 224 valence electrons. The maximum atomic E-state index is 14.3. The van der Waals surface area contributed by atoms with Gasteiger partial charge in [0, 0.05) is 42.9 Å². The Morgan fingerprint density at radius 2 is 1.93 bits per heavy atom. The van der Waals surface area contributed by atoms with Gasteiger partial charge in [0.15, 0.2) is 17.0 Å². The van der Waals surface area contributed by atoms with Gasteiger partial charge in [-0.3, -0.25) is 14.4 Å². The highest BCUT2D eigenvalue weighted by atomic mass is 19.1. The second-order valence-corrected chi connectivity index (χ2v) is 11.5. The average molecular weight is 591 g/mol. The van der Waals surface area contributed by atoms with E-state index in [4.69, 9.17) is 9.57 Å². The monoisotopic (exact) mass is 590 g/mol. The molecule has 1 N–H and O–H groups in total. The lowest BCUT2D eigenvalue weighted by Crippen LogP contribution is -2.54. The van der Waals surface area contributed by atoms with E-state index in [2.05, 4.69) is 10.5 Å². The fourth-order valence-electron chi connectivity index (χ4n) is 6.32. The van der Waals surface area contributed by atoms with Gasteiger partial charge in [-0.1, -0.05) is 48.5 Å². The molecule has 0 radical (unpaired) electrons. The predicted octanol–water partition coefficient (Wildman–Crippen LogP) is 4.60. The Balaban J connectivity index is 1.47. The van der Waals surface area contributed by atoms with Gasteiger partial charge < -0.3 is 24.4 Å². The van der Waals surface area contributed by atoms with E-state index in [1.165, 1.54) is 12.3 Å². The van der Waals surface area contributed by atoms with Crippen molar-refractivity contribution in [2.75, 3.05) is 6.54 Å². The number of nitrogens with one attached hydrogen (secondary N) is 1. The third kappa shape index (κ3) is 4.86. The molecule has 2 amide bonds. The number of carbonyl (C=O) groups excluding carboxylic acids is 2. The van der Waals surface area contributed by atoms with Gasteiger partial charge >= 0.3 is 0 Å². The van der Waals surface area contributed by atoms with Crippen LogP contribution < -0.4 is 15.5 Å². The van der Waals surface area contributed by atoms with Crippen LogP contribution in [-0.4, -0.2) is 45.2 Å². The van der Waals surface area contributed by atoms with Crippen molar-refractivity contribution in [1.82, 2.24) is 14.8 Å². The van der Waals surface area contributed by atoms with Gasteiger partial charge in [-0.25, -0.2) is 8.78 Å². The third-order valence-corrected chi connectivity index (χ3v) is 9.05. The summed E-state index contributed by atoms with van der Waals surface area (Å²) < 4.78 is 35.4. The van der Waals surface area contributed by atoms with Crippen LogP contribution in [-0.2, 0) is 18.0 Å². The molecule has 43 heavy (non-hydrogen) atoms. The number of hydrogen-bond acceptors (Lipinski definition) is 6. The molecule has 0 saturated carbocycles. The summed E-state index contributed by atoms with van der Waals surface area (Å²) in [6.07, 6.45) is 2.64. The molecule has 3 aliphatic rings. The first-order valence-electron chi connectivity index (χ1n) is 14.3. The molecule has 6 rings (SSSR count). The van der Waals surface area contributed by atoms with E-state index in [0.717, 1.165) is 23.4 Å². The molecule has 2 aromatic carbocycles. The van der Waals surface area contributed by atoms with E-state index >= 15 is 0 Å². The standard InChI is InChI=1S/C32H32F2N4O5/c1-18-11-12-32(19(2)20(3)36-43-32)26-16-37(18)31(41)27-29(42-17-21-7-5-4-6-8-21)28(39)24(15-38(26)27)30(40)35-14-22-9-10-23(33)13-25(22)34/h4-10,13,15,18-19,26H,11-12,14,16-17H2,1-3H3,(H,35,40)/t18-,19-,26+,32-/m0/s1. The van der Waals surface area contributed by atoms with E-state index in [-0.39, 0.29) is 53.6 Å². The topological polar surface area (TPSA) is 102 Å². The fraction of sp³-hybridized carbons (Fsp3) is 0.375. The van der Waals surface area contributed by atoms with Gasteiger partial charge in [0.25, 0.3) is 11.8 Å². The van der Waals surface area contributed by atoms with Crippen LogP contribution in [0.4, 0.5) is 8.78 Å². The number of aromatic nitrogens is 1. The average Bonchev–Trinajstić information content (AvgIpc) is 3.20. The Morgan fingerprint density at radius 3 is 2.63 bits per heavy atom. The number of rotatable bonds is 6. The van der Waals surface area contributed by atoms with E-state index in [1.54, 1.807) is 9.47 Å². The second kappa shape index (κ2) is 10.9. The van der Waals surface area contributed by atoms with Gasteiger partial charge in [0.1, 0.15) is 23.8 Å². The van der Waals surface area contributed by atoms with Gasteiger partial charge in [-0.15, -0.1) is 0 Å². The number of hydrogen-bond donors (Lipinski definition) is 1. The first-order valence-corrected chi connectivity index (χ1v) is 14.3. The zero-order valence-electron chi connectivity index (χ0n) is 24.1. The van der Waals surface area contributed by atoms with Gasteiger partial charge in [-0.05, 0) is 38.3 Å². The molecule has 4 atom stereocenters. The molecule has 0 unspecified atom stereocenters. The van der Waals surface area contributed by atoms with Crippen LogP contribution >= 0.6 is 0 Å². The maximum Gasteiger partial charge on any atom is 0.274 e. The lowest BCUT2D eigenvalue weighted by atomic mass is 9.76. The quantitative estimate of drug-likeness (QED) is 0.453. The number of oxime groups is 1. The molecule has 4 heterocycles. The number of halogens is 2. The van der Waals surface area contributed by atoms with Crippen LogP contribution in [0, 0.1) is 17.6 Å². The van der Waals surface area contributed by atoms with E-state index < -0.39 is 34.6 Å². The Hall–Kier alpha value is -4.54. The minimum absolute atomic E-state index is 0.0112. The predicted molar refractivity (Wildman–Crippen MR) is 154 cm³/mol. The highest BCUT2D eigenvalue weighted by molar-refractivity contribution is 5.99. The third-order valence-electron chi connectivity index (χ3n) is 9.05. The number of amides is 2. The van der Waals surface area contributed by atoms with Crippen molar-refractivity contribution in [1.29, 1.82) is 0 Å². The number of benzene rings is 2. The first kappa shape index (κ1) is 28.6. The number of ether oxygens (including phenoxy) is 1. The molecule has 1 spiro atoms.